The van der Waals surface area contributed by atoms with Gasteiger partial charge >= 0.3 is 0 Å². The zero-order valence-electron chi connectivity index (χ0n) is 11.2. The first-order chi connectivity index (χ1) is 8.83. The molecule has 0 radical (unpaired) electrons. The molecule has 1 saturated carbocycles. The Morgan fingerprint density at radius 1 is 1.37 bits per heavy atom. The van der Waals surface area contributed by atoms with Crippen molar-refractivity contribution in [2.24, 2.45) is 0 Å². The number of sulfonamides is 1. The summed E-state index contributed by atoms with van der Waals surface area (Å²) in [6.07, 6.45) is 3.30. The summed E-state index contributed by atoms with van der Waals surface area (Å²) in [7, 11) is -3.35. The summed E-state index contributed by atoms with van der Waals surface area (Å²) in [6, 6.07) is 3.24. The standard InChI is InChI=1S/C12H18N2O4S/c1-8(2)17-12-10(18-9-4-5-9)6-7-11(13-12)14-19(3,15)16/h6-9H,4-5H2,1-3H3,(H,13,14). The van der Waals surface area contributed by atoms with Gasteiger partial charge in [0, 0.05) is 0 Å². The lowest BCUT2D eigenvalue weighted by molar-refractivity contribution is 0.209. The van der Waals surface area contributed by atoms with Gasteiger partial charge in [-0.25, -0.2) is 8.42 Å². The first-order valence-electron chi connectivity index (χ1n) is 6.15. The third-order valence-corrected chi connectivity index (χ3v) is 2.86. The molecular formula is C12H18N2O4S. The Bertz CT molecular complexity index is 553. The molecule has 1 N–H and O–H groups in total. The number of rotatable bonds is 6. The van der Waals surface area contributed by atoms with Gasteiger partial charge < -0.3 is 9.47 Å². The fourth-order valence-corrected chi connectivity index (χ4v) is 1.93. The summed E-state index contributed by atoms with van der Waals surface area (Å²) in [4.78, 5) is 4.14. The van der Waals surface area contributed by atoms with Crippen LogP contribution in [0.25, 0.3) is 0 Å². The molecule has 1 aromatic heterocycles. The van der Waals surface area contributed by atoms with Gasteiger partial charge in [0.05, 0.1) is 18.5 Å². The second-order valence-corrected chi connectivity index (χ2v) is 6.61. The smallest absolute Gasteiger partial charge is 0.259 e. The molecule has 7 heteroatoms. The van der Waals surface area contributed by atoms with Crippen LogP contribution < -0.4 is 14.2 Å². The monoisotopic (exact) mass is 286 g/mol. The van der Waals surface area contributed by atoms with Gasteiger partial charge in [0.15, 0.2) is 5.75 Å². The lowest BCUT2D eigenvalue weighted by Gasteiger charge is -2.15. The topological polar surface area (TPSA) is 77.5 Å². The molecule has 19 heavy (non-hydrogen) atoms. The minimum absolute atomic E-state index is 0.0671. The number of pyridine rings is 1. The molecule has 0 spiro atoms. The highest BCUT2D eigenvalue weighted by molar-refractivity contribution is 7.92. The second kappa shape index (κ2) is 5.24. The van der Waals surface area contributed by atoms with Crippen LogP contribution in [-0.4, -0.2) is 31.9 Å². The van der Waals surface area contributed by atoms with Gasteiger partial charge in [-0.3, -0.25) is 4.72 Å². The molecule has 1 aliphatic rings. The second-order valence-electron chi connectivity index (χ2n) is 4.86. The Morgan fingerprint density at radius 2 is 2.05 bits per heavy atom. The van der Waals surface area contributed by atoms with Crippen molar-refractivity contribution in [1.82, 2.24) is 4.98 Å². The third-order valence-electron chi connectivity index (χ3n) is 2.28. The zero-order chi connectivity index (χ0) is 14.0. The van der Waals surface area contributed by atoms with Crippen LogP contribution in [0.5, 0.6) is 11.6 Å². The van der Waals surface area contributed by atoms with Crippen LogP contribution in [-0.2, 0) is 10.0 Å². The molecule has 0 aliphatic heterocycles. The van der Waals surface area contributed by atoms with E-state index in [4.69, 9.17) is 9.47 Å². The third kappa shape index (κ3) is 4.59. The van der Waals surface area contributed by atoms with E-state index in [1.807, 2.05) is 13.8 Å². The molecule has 6 nitrogen and oxygen atoms in total. The zero-order valence-corrected chi connectivity index (χ0v) is 12.0. The maximum absolute atomic E-state index is 11.2. The highest BCUT2D eigenvalue weighted by Crippen LogP contribution is 2.33. The van der Waals surface area contributed by atoms with Gasteiger partial charge in [0.1, 0.15) is 5.82 Å². The summed E-state index contributed by atoms with van der Waals surface area (Å²) < 4.78 is 35.9. The predicted octanol–water partition coefficient (Wildman–Crippen LogP) is 1.78. The average Bonchev–Trinajstić information content (AvgIpc) is 3.02. The molecule has 1 aliphatic carbocycles. The molecule has 0 amide bonds. The van der Waals surface area contributed by atoms with E-state index in [1.165, 1.54) is 0 Å². The predicted molar refractivity (Wildman–Crippen MR) is 72.1 cm³/mol. The molecule has 106 valence electrons. The summed E-state index contributed by atoms with van der Waals surface area (Å²) in [5, 5.41) is 0. The summed E-state index contributed by atoms with van der Waals surface area (Å²) in [5.74, 6) is 1.09. The summed E-state index contributed by atoms with van der Waals surface area (Å²) in [6.45, 7) is 3.75. The minimum Gasteiger partial charge on any atom is -0.485 e. The number of nitrogens with one attached hydrogen (secondary N) is 1. The van der Waals surface area contributed by atoms with Crippen molar-refractivity contribution in [3.05, 3.63) is 12.1 Å². The van der Waals surface area contributed by atoms with Crippen LogP contribution in [0, 0.1) is 0 Å². The normalized spacial score (nSPS) is 15.4. The first-order valence-corrected chi connectivity index (χ1v) is 8.05. The van der Waals surface area contributed by atoms with Crippen molar-refractivity contribution in [3.63, 3.8) is 0 Å². The molecule has 0 unspecified atom stereocenters. The molecule has 0 atom stereocenters. The number of anilines is 1. The van der Waals surface area contributed by atoms with Crippen molar-refractivity contribution in [2.45, 2.75) is 38.9 Å². The Morgan fingerprint density at radius 3 is 2.58 bits per heavy atom. The number of ether oxygens (including phenoxy) is 2. The fourth-order valence-electron chi connectivity index (χ4n) is 1.44. The Hall–Kier alpha value is -1.50. The molecule has 1 fully saturated rings. The van der Waals surface area contributed by atoms with Crippen LogP contribution in [0.15, 0.2) is 12.1 Å². The van der Waals surface area contributed by atoms with E-state index in [9.17, 15) is 8.42 Å². The summed E-state index contributed by atoms with van der Waals surface area (Å²) >= 11 is 0. The van der Waals surface area contributed by atoms with Gasteiger partial charge in [0.2, 0.25) is 10.0 Å². The molecule has 1 aromatic rings. The van der Waals surface area contributed by atoms with Gasteiger partial charge in [-0.1, -0.05) is 0 Å². The quantitative estimate of drug-likeness (QED) is 0.862. The van der Waals surface area contributed by atoms with Gasteiger partial charge in [-0.05, 0) is 38.8 Å². The fraction of sp³-hybridized carbons (Fsp3) is 0.583. The van der Waals surface area contributed by atoms with Gasteiger partial charge in [-0.2, -0.15) is 4.98 Å². The van der Waals surface area contributed by atoms with Gasteiger partial charge in [-0.15, -0.1) is 0 Å². The minimum atomic E-state index is -3.35. The molecule has 0 saturated heterocycles. The number of nitrogens with zero attached hydrogens (tertiary/aromatic N) is 1. The van der Waals surface area contributed by atoms with Crippen molar-refractivity contribution in [1.29, 1.82) is 0 Å². The number of hydrogen-bond acceptors (Lipinski definition) is 5. The molecular weight excluding hydrogens is 268 g/mol. The largest absolute Gasteiger partial charge is 0.485 e. The van der Waals surface area contributed by atoms with E-state index in [1.54, 1.807) is 12.1 Å². The van der Waals surface area contributed by atoms with Crippen LogP contribution in [0.4, 0.5) is 5.82 Å². The lowest BCUT2D eigenvalue weighted by Crippen LogP contribution is -2.13. The highest BCUT2D eigenvalue weighted by Gasteiger charge is 2.25. The molecule has 2 rings (SSSR count). The van der Waals surface area contributed by atoms with Crippen LogP contribution in [0.1, 0.15) is 26.7 Å². The summed E-state index contributed by atoms with van der Waals surface area (Å²) in [5.41, 5.74) is 0. The first kappa shape index (κ1) is 13.9. The Balaban J connectivity index is 2.23. The highest BCUT2D eigenvalue weighted by atomic mass is 32.2. The molecule has 0 aromatic carbocycles. The van der Waals surface area contributed by atoms with Crippen LogP contribution in [0.2, 0.25) is 0 Å². The molecule has 1 heterocycles. The molecule has 0 bridgehead atoms. The van der Waals surface area contributed by atoms with E-state index >= 15 is 0 Å². The van der Waals surface area contributed by atoms with E-state index in [0.717, 1.165) is 19.1 Å². The van der Waals surface area contributed by atoms with Crippen LogP contribution >= 0.6 is 0 Å². The average molecular weight is 286 g/mol. The van der Waals surface area contributed by atoms with E-state index in [-0.39, 0.29) is 18.0 Å². The Labute approximate surface area is 113 Å². The maximum Gasteiger partial charge on any atom is 0.259 e. The van der Waals surface area contributed by atoms with Crippen molar-refractivity contribution in [2.75, 3.05) is 11.0 Å². The van der Waals surface area contributed by atoms with E-state index in [0.29, 0.717) is 11.6 Å². The lowest BCUT2D eigenvalue weighted by atomic mass is 10.4. The van der Waals surface area contributed by atoms with Gasteiger partial charge in [0.25, 0.3) is 5.88 Å². The van der Waals surface area contributed by atoms with Crippen molar-refractivity contribution >= 4 is 15.8 Å². The SMILES string of the molecule is CC(C)Oc1nc(NS(C)(=O)=O)ccc1OC1CC1. The van der Waals surface area contributed by atoms with Crippen molar-refractivity contribution in [3.8, 4) is 11.6 Å². The Kier molecular flexibility index (Phi) is 3.84. The van der Waals surface area contributed by atoms with E-state index in [2.05, 4.69) is 9.71 Å². The van der Waals surface area contributed by atoms with Crippen molar-refractivity contribution < 1.29 is 17.9 Å². The van der Waals surface area contributed by atoms with E-state index < -0.39 is 10.0 Å². The number of hydrogen-bond donors (Lipinski definition) is 1. The number of aromatic nitrogens is 1. The van der Waals surface area contributed by atoms with Crippen LogP contribution in [0.3, 0.4) is 0 Å². The maximum atomic E-state index is 11.2.